The summed E-state index contributed by atoms with van der Waals surface area (Å²) in [6.07, 6.45) is 0.884. The van der Waals surface area contributed by atoms with E-state index in [9.17, 15) is 9.59 Å². The molecule has 1 aliphatic rings. The Labute approximate surface area is 201 Å². The quantitative estimate of drug-likeness (QED) is 0.420. The van der Waals surface area contributed by atoms with Crippen LogP contribution in [0.4, 0.5) is 9.93 Å². The zero-order chi connectivity index (χ0) is 23.5. The van der Waals surface area contributed by atoms with Crippen LogP contribution in [0.3, 0.4) is 0 Å². The molecule has 3 heterocycles. The fourth-order valence-electron chi connectivity index (χ4n) is 4.10. The van der Waals surface area contributed by atoms with Gasteiger partial charge in [0.25, 0.3) is 0 Å². The number of amides is 2. The van der Waals surface area contributed by atoms with E-state index < -0.39 is 12.1 Å². The van der Waals surface area contributed by atoms with Gasteiger partial charge in [-0.15, -0.1) is 11.3 Å². The number of aryl methyl sites for hydroxylation is 1. The van der Waals surface area contributed by atoms with E-state index in [0.717, 1.165) is 39.8 Å². The minimum Gasteiger partial charge on any atom is -0.445 e. The lowest BCUT2D eigenvalue weighted by Gasteiger charge is -2.22. The third-order valence-corrected chi connectivity index (χ3v) is 6.61. The van der Waals surface area contributed by atoms with E-state index in [0.29, 0.717) is 18.1 Å². The van der Waals surface area contributed by atoms with E-state index >= 15 is 0 Å². The zero-order valence-corrected chi connectivity index (χ0v) is 19.5. The van der Waals surface area contributed by atoms with Crippen LogP contribution >= 0.6 is 11.3 Å². The third kappa shape index (κ3) is 4.77. The van der Waals surface area contributed by atoms with E-state index in [1.807, 2.05) is 73.0 Å². The minimum atomic E-state index is -0.564. The summed E-state index contributed by atoms with van der Waals surface area (Å²) in [5, 5.41) is 6.34. The number of ether oxygens (including phenoxy) is 1. The van der Waals surface area contributed by atoms with Gasteiger partial charge in [0, 0.05) is 28.6 Å². The molecule has 172 valence electrons. The number of carbonyl (C=O) groups is 2. The molecule has 4 aromatic rings. The van der Waals surface area contributed by atoms with Crippen LogP contribution < -0.4 is 5.32 Å². The lowest BCUT2D eigenvalue weighted by atomic mass is 10.1. The van der Waals surface area contributed by atoms with Crippen molar-refractivity contribution in [1.82, 2.24) is 14.9 Å². The first kappa shape index (κ1) is 22.0. The topological polar surface area (TPSA) is 84.4 Å². The van der Waals surface area contributed by atoms with Crippen molar-refractivity contribution in [3.8, 4) is 11.3 Å². The molecule has 1 atom stereocenters. The molecule has 2 aromatic carbocycles. The predicted molar refractivity (Wildman–Crippen MR) is 133 cm³/mol. The first-order valence-electron chi connectivity index (χ1n) is 11.2. The number of anilines is 1. The maximum Gasteiger partial charge on any atom is 0.410 e. The van der Waals surface area contributed by atoms with Gasteiger partial charge in [0.15, 0.2) is 5.13 Å². The van der Waals surface area contributed by atoms with Gasteiger partial charge in [-0.25, -0.2) is 9.78 Å². The van der Waals surface area contributed by atoms with Crippen LogP contribution in [0, 0.1) is 6.92 Å². The zero-order valence-electron chi connectivity index (χ0n) is 18.7. The van der Waals surface area contributed by atoms with Crippen molar-refractivity contribution < 1.29 is 14.3 Å². The van der Waals surface area contributed by atoms with Crippen molar-refractivity contribution in [1.29, 1.82) is 0 Å². The number of aromatic nitrogens is 2. The number of nitrogens with zero attached hydrogens (tertiary/aromatic N) is 3. The summed E-state index contributed by atoms with van der Waals surface area (Å²) in [5.41, 5.74) is 4.57. The van der Waals surface area contributed by atoms with Gasteiger partial charge >= 0.3 is 6.09 Å². The highest BCUT2D eigenvalue weighted by molar-refractivity contribution is 7.14. The van der Waals surface area contributed by atoms with Gasteiger partial charge in [-0.3, -0.25) is 14.7 Å². The monoisotopic (exact) mass is 472 g/mol. The molecule has 0 bridgehead atoms. The van der Waals surface area contributed by atoms with Gasteiger partial charge in [0.05, 0.1) is 11.2 Å². The Morgan fingerprint density at radius 1 is 1.12 bits per heavy atom. The van der Waals surface area contributed by atoms with E-state index in [1.54, 1.807) is 0 Å². The molecule has 1 aliphatic heterocycles. The van der Waals surface area contributed by atoms with Crippen LogP contribution in [0.25, 0.3) is 22.2 Å². The van der Waals surface area contributed by atoms with Gasteiger partial charge in [-0.2, -0.15) is 0 Å². The van der Waals surface area contributed by atoms with Crippen LogP contribution in [0.2, 0.25) is 0 Å². The van der Waals surface area contributed by atoms with E-state index in [2.05, 4.69) is 15.3 Å². The summed E-state index contributed by atoms with van der Waals surface area (Å²) in [6.45, 7) is 2.65. The standard InChI is InChI=1S/C26H24N4O3S/c1-17-9-10-19-14-20(11-12-21(19)27-17)22-16-34-25(28-22)29-24(31)23-8-5-13-30(23)26(32)33-15-18-6-3-2-4-7-18/h2-4,6-7,9-12,14,16,23H,5,8,13,15H2,1H3,(H,28,29,31)/t23-/m0/s1. The third-order valence-electron chi connectivity index (χ3n) is 5.85. The molecule has 7 nitrogen and oxygen atoms in total. The van der Waals surface area contributed by atoms with Gasteiger partial charge in [-0.1, -0.05) is 42.5 Å². The van der Waals surface area contributed by atoms with Crippen LogP contribution in [-0.4, -0.2) is 39.5 Å². The molecule has 0 saturated carbocycles. The van der Waals surface area contributed by atoms with Crippen LogP contribution in [0.15, 0.2) is 66.0 Å². The number of hydrogen-bond acceptors (Lipinski definition) is 6. The molecule has 0 spiro atoms. The first-order chi connectivity index (χ1) is 16.6. The number of rotatable bonds is 5. The molecule has 0 aliphatic carbocycles. The molecule has 34 heavy (non-hydrogen) atoms. The number of hydrogen-bond donors (Lipinski definition) is 1. The van der Waals surface area contributed by atoms with Crippen molar-refractivity contribution >= 4 is 39.4 Å². The minimum absolute atomic E-state index is 0.182. The van der Waals surface area contributed by atoms with Crippen molar-refractivity contribution in [3.05, 3.63) is 77.3 Å². The van der Waals surface area contributed by atoms with Gasteiger partial charge < -0.3 is 10.1 Å². The Kier molecular flexibility index (Phi) is 6.22. The Morgan fingerprint density at radius 2 is 1.97 bits per heavy atom. The summed E-state index contributed by atoms with van der Waals surface area (Å²) in [7, 11) is 0. The number of benzene rings is 2. The first-order valence-corrected chi connectivity index (χ1v) is 12.1. The van der Waals surface area contributed by atoms with Crippen LogP contribution in [0.5, 0.6) is 0 Å². The average Bonchev–Trinajstić information content (AvgIpc) is 3.53. The molecule has 1 fully saturated rings. The fourth-order valence-corrected chi connectivity index (χ4v) is 4.82. The molecule has 1 N–H and O–H groups in total. The second kappa shape index (κ2) is 9.61. The molecule has 1 saturated heterocycles. The second-order valence-corrected chi connectivity index (χ2v) is 9.14. The summed E-state index contributed by atoms with van der Waals surface area (Å²) >= 11 is 1.36. The number of nitrogens with one attached hydrogen (secondary N) is 1. The van der Waals surface area contributed by atoms with Crippen molar-refractivity contribution in [2.24, 2.45) is 0 Å². The van der Waals surface area contributed by atoms with E-state index in [1.165, 1.54) is 16.2 Å². The van der Waals surface area contributed by atoms with Gasteiger partial charge in [0.2, 0.25) is 5.91 Å². The average molecular weight is 473 g/mol. The number of carbonyl (C=O) groups excluding carboxylic acids is 2. The summed E-state index contributed by atoms with van der Waals surface area (Å²) < 4.78 is 5.44. The number of fused-ring (bicyclic) bond motifs is 1. The van der Waals surface area contributed by atoms with Gasteiger partial charge in [-0.05, 0) is 43.5 Å². The normalized spacial score (nSPS) is 15.4. The lowest BCUT2D eigenvalue weighted by Crippen LogP contribution is -2.43. The Morgan fingerprint density at radius 3 is 2.82 bits per heavy atom. The largest absolute Gasteiger partial charge is 0.445 e. The molecule has 2 aromatic heterocycles. The van der Waals surface area contributed by atoms with E-state index in [4.69, 9.17) is 4.74 Å². The van der Waals surface area contributed by atoms with Crippen LogP contribution in [-0.2, 0) is 16.1 Å². The Bertz CT molecular complexity index is 1340. The molecule has 8 heteroatoms. The summed E-state index contributed by atoms with van der Waals surface area (Å²) in [5.74, 6) is -0.242. The van der Waals surface area contributed by atoms with Gasteiger partial charge in [0.1, 0.15) is 12.6 Å². The lowest BCUT2D eigenvalue weighted by molar-refractivity contribution is -0.120. The molecule has 0 unspecified atom stereocenters. The molecule has 5 rings (SSSR count). The highest BCUT2D eigenvalue weighted by Gasteiger charge is 2.35. The van der Waals surface area contributed by atoms with Crippen molar-refractivity contribution in [3.63, 3.8) is 0 Å². The number of thiazole rings is 1. The fraction of sp³-hybridized carbons (Fsp3) is 0.231. The molecular weight excluding hydrogens is 448 g/mol. The molecule has 0 radical (unpaired) electrons. The smallest absolute Gasteiger partial charge is 0.410 e. The van der Waals surface area contributed by atoms with Crippen LogP contribution in [0.1, 0.15) is 24.1 Å². The Hall–Kier alpha value is -3.78. The number of likely N-dealkylation sites (tertiary alicyclic amines) is 1. The van der Waals surface area contributed by atoms with Crippen molar-refractivity contribution in [2.45, 2.75) is 32.4 Å². The number of pyridine rings is 1. The van der Waals surface area contributed by atoms with Crippen molar-refractivity contribution in [2.75, 3.05) is 11.9 Å². The maximum atomic E-state index is 13.0. The highest BCUT2D eigenvalue weighted by Crippen LogP contribution is 2.28. The molecule has 2 amide bonds. The molecular formula is C26H24N4O3S. The predicted octanol–water partition coefficient (Wildman–Crippen LogP) is 5.41. The van der Waals surface area contributed by atoms with E-state index in [-0.39, 0.29) is 12.5 Å². The second-order valence-electron chi connectivity index (χ2n) is 8.28. The Balaban J connectivity index is 1.23. The SMILES string of the molecule is Cc1ccc2cc(-c3csc(NC(=O)[C@@H]4CCCN4C(=O)OCc4ccccc4)n3)ccc2n1. The summed E-state index contributed by atoms with van der Waals surface area (Å²) in [6, 6.07) is 19.0. The maximum absolute atomic E-state index is 13.0. The highest BCUT2D eigenvalue weighted by atomic mass is 32.1. The summed E-state index contributed by atoms with van der Waals surface area (Å²) in [4.78, 5) is 36.2.